The third kappa shape index (κ3) is 7.31. The molecule has 0 saturated carbocycles. The van der Waals surface area contributed by atoms with Gasteiger partial charge in [0.1, 0.15) is 12.4 Å². The molecule has 3 heterocycles. The van der Waals surface area contributed by atoms with Crippen LogP contribution in [0.5, 0.6) is 0 Å². The number of ether oxygens (including phenoxy) is 1. The number of nitrogens with zero attached hydrogens (tertiary/aromatic N) is 6. The highest BCUT2D eigenvalue weighted by atomic mass is 19.1. The van der Waals surface area contributed by atoms with Gasteiger partial charge in [-0.1, -0.05) is 38.1 Å². The molecule has 0 spiro atoms. The van der Waals surface area contributed by atoms with Gasteiger partial charge in [0.15, 0.2) is 6.73 Å². The van der Waals surface area contributed by atoms with Crippen LogP contribution < -0.4 is 26.4 Å². The zero-order chi connectivity index (χ0) is 32.1. The van der Waals surface area contributed by atoms with Gasteiger partial charge in [-0.15, -0.1) is 0 Å². The van der Waals surface area contributed by atoms with Gasteiger partial charge >= 0.3 is 5.97 Å². The lowest BCUT2D eigenvalue weighted by Gasteiger charge is -2.38. The summed E-state index contributed by atoms with van der Waals surface area (Å²) in [7, 11) is 1.87. The number of aromatic nitrogens is 4. The maximum atomic E-state index is 13.5. The number of nitrogens with one attached hydrogen (secondary N) is 1. The van der Waals surface area contributed by atoms with Gasteiger partial charge in [-0.3, -0.25) is 14.4 Å². The van der Waals surface area contributed by atoms with Gasteiger partial charge in [0, 0.05) is 38.4 Å². The second-order valence-electron chi connectivity index (χ2n) is 11.6. The molecule has 1 aliphatic rings. The fraction of sp³-hybridized carbons (Fsp3) is 0.406. The van der Waals surface area contributed by atoms with E-state index in [4.69, 9.17) is 15.5 Å². The molecule has 13 heteroatoms. The molecule has 2 aromatic heterocycles. The molecular weight excluding hydrogens is 579 g/mol. The van der Waals surface area contributed by atoms with Crippen LogP contribution in [0.2, 0.25) is 0 Å². The minimum absolute atomic E-state index is 0.0595. The summed E-state index contributed by atoms with van der Waals surface area (Å²) in [6.45, 7) is 4.91. The third-order valence-corrected chi connectivity index (χ3v) is 8.20. The first-order chi connectivity index (χ1) is 21.6. The summed E-state index contributed by atoms with van der Waals surface area (Å²) < 4.78 is 22.3. The molecule has 12 nitrogen and oxygen atoms in total. The quantitative estimate of drug-likeness (QED) is 0.243. The van der Waals surface area contributed by atoms with Crippen molar-refractivity contribution in [1.29, 1.82) is 0 Å². The van der Waals surface area contributed by atoms with Crippen molar-refractivity contribution in [2.45, 2.75) is 52.0 Å². The number of hydrogen-bond donors (Lipinski definition) is 2. The van der Waals surface area contributed by atoms with Crippen LogP contribution in [0.4, 0.5) is 16.3 Å². The monoisotopic (exact) mass is 618 g/mol. The summed E-state index contributed by atoms with van der Waals surface area (Å²) in [5, 5.41) is 2.47. The first-order valence-corrected chi connectivity index (χ1v) is 15.0. The lowest BCUT2D eigenvalue weighted by molar-refractivity contribution is -0.147. The van der Waals surface area contributed by atoms with Crippen LogP contribution in [-0.2, 0) is 27.6 Å². The standard InChI is InChI=1S/C32H39FN8O4/c1-21(2)29(34)30(44)36-18-28(43)45-20-41-27(42)12-15-35-31(41)38(3)24-13-16-39(17-14-24)32-37-25-6-4-5-7-26(25)40(32)19-22-8-10-23(33)11-9-22/h4-12,15,21,24,29H,13-14,16-20,34H2,1-3H3,(H,36,44). The number of carbonyl (C=O) groups is 2. The van der Waals surface area contributed by atoms with Gasteiger partial charge in [0.2, 0.25) is 17.8 Å². The predicted molar refractivity (Wildman–Crippen MR) is 169 cm³/mol. The smallest absolute Gasteiger partial charge is 0.327 e. The molecule has 1 fully saturated rings. The first-order valence-electron chi connectivity index (χ1n) is 15.0. The highest BCUT2D eigenvalue weighted by Crippen LogP contribution is 2.28. The SMILES string of the molecule is CC(C)C(N)C(=O)NCC(=O)OCn1c(N(C)C2CCN(c3nc4ccccc4n3Cc3ccc(F)cc3)CC2)nccc1=O. The summed E-state index contributed by atoms with van der Waals surface area (Å²) in [6, 6.07) is 15.1. The van der Waals surface area contributed by atoms with Crippen LogP contribution in [0.3, 0.4) is 0 Å². The van der Waals surface area contributed by atoms with Gasteiger partial charge in [-0.2, -0.15) is 0 Å². The molecule has 2 aromatic carbocycles. The fourth-order valence-electron chi connectivity index (χ4n) is 5.45. The lowest BCUT2D eigenvalue weighted by Crippen LogP contribution is -2.46. The molecule has 1 unspecified atom stereocenters. The Kier molecular flexibility index (Phi) is 9.77. The van der Waals surface area contributed by atoms with Crippen molar-refractivity contribution >= 4 is 34.8 Å². The number of piperidine rings is 1. The summed E-state index contributed by atoms with van der Waals surface area (Å²) in [4.78, 5) is 50.8. The maximum absolute atomic E-state index is 13.5. The number of imidazole rings is 1. The van der Waals surface area contributed by atoms with Crippen molar-refractivity contribution in [2.24, 2.45) is 11.7 Å². The Morgan fingerprint density at radius 2 is 1.80 bits per heavy atom. The molecule has 0 aliphatic carbocycles. The summed E-state index contributed by atoms with van der Waals surface area (Å²) in [5.41, 5.74) is 8.33. The van der Waals surface area contributed by atoms with Crippen LogP contribution >= 0.6 is 0 Å². The number of halogens is 1. The Hall–Kier alpha value is -4.78. The molecule has 4 aromatic rings. The second kappa shape index (κ2) is 13.9. The van der Waals surface area contributed by atoms with Gasteiger partial charge in [-0.05, 0) is 48.6 Å². The van der Waals surface area contributed by atoms with E-state index in [0.717, 1.165) is 35.4 Å². The Morgan fingerprint density at radius 3 is 2.51 bits per heavy atom. The second-order valence-corrected chi connectivity index (χ2v) is 11.6. The van der Waals surface area contributed by atoms with Gasteiger partial charge < -0.3 is 30.2 Å². The summed E-state index contributed by atoms with van der Waals surface area (Å²) in [6.07, 6.45) is 2.97. The average molecular weight is 619 g/mol. The summed E-state index contributed by atoms with van der Waals surface area (Å²) in [5.74, 6) is -0.262. The number of esters is 1. The number of benzene rings is 2. The van der Waals surface area contributed by atoms with Crippen LogP contribution in [-0.4, -0.2) is 69.7 Å². The number of anilines is 2. The fourth-order valence-corrected chi connectivity index (χ4v) is 5.45. The van der Waals surface area contributed by atoms with E-state index in [2.05, 4.69) is 19.8 Å². The van der Waals surface area contributed by atoms with E-state index in [1.54, 1.807) is 12.1 Å². The van der Waals surface area contributed by atoms with Crippen molar-refractivity contribution in [1.82, 2.24) is 24.4 Å². The molecule has 1 atom stereocenters. The average Bonchev–Trinajstić information content (AvgIpc) is 3.41. The molecule has 0 bridgehead atoms. The van der Waals surface area contributed by atoms with Crippen LogP contribution in [0, 0.1) is 11.7 Å². The number of carbonyl (C=O) groups excluding carboxylic acids is 2. The van der Waals surface area contributed by atoms with Crippen molar-refractivity contribution in [2.75, 3.05) is 36.5 Å². The topological polar surface area (TPSA) is 141 Å². The van der Waals surface area contributed by atoms with E-state index in [1.807, 2.05) is 50.1 Å². The van der Waals surface area contributed by atoms with Gasteiger partial charge in [0.05, 0.1) is 23.6 Å². The molecule has 3 N–H and O–H groups in total. The number of hydrogen-bond acceptors (Lipinski definition) is 9. The van der Waals surface area contributed by atoms with Crippen molar-refractivity contribution in [3.05, 3.63) is 82.5 Å². The summed E-state index contributed by atoms with van der Waals surface area (Å²) >= 11 is 0. The number of nitrogens with two attached hydrogens (primary N) is 1. The van der Waals surface area contributed by atoms with E-state index >= 15 is 0 Å². The Balaban J connectivity index is 1.25. The van der Waals surface area contributed by atoms with E-state index in [1.165, 1.54) is 29.0 Å². The Labute approximate surface area is 260 Å². The minimum Gasteiger partial charge on any atom is -0.442 e. The van der Waals surface area contributed by atoms with E-state index in [0.29, 0.717) is 25.6 Å². The molecule has 0 radical (unpaired) electrons. The molecule has 5 rings (SSSR count). The Morgan fingerprint density at radius 1 is 1.09 bits per heavy atom. The number of para-hydroxylation sites is 2. The first kappa shape index (κ1) is 31.6. The third-order valence-electron chi connectivity index (χ3n) is 8.20. The van der Waals surface area contributed by atoms with Crippen LogP contribution in [0.25, 0.3) is 11.0 Å². The van der Waals surface area contributed by atoms with Gasteiger partial charge in [-0.25, -0.2) is 18.9 Å². The maximum Gasteiger partial charge on any atom is 0.327 e. The minimum atomic E-state index is -0.737. The van der Waals surface area contributed by atoms with Crippen LogP contribution in [0.1, 0.15) is 32.3 Å². The van der Waals surface area contributed by atoms with Crippen molar-refractivity contribution < 1.29 is 18.7 Å². The zero-order valence-electron chi connectivity index (χ0n) is 25.7. The lowest BCUT2D eigenvalue weighted by atomic mass is 10.0. The molecule has 1 saturated heterocycles. The van der Waals surface area contributed by atoms with E-state index in [-0.39, 0.29) is 36.6 Å². The highest BCUT2D eigenvalue weighted by molar-refractivity contribution is 5.85. The number of amides is 1. The Bertz CT molecular complexity index is 1700. The van der Waals surface area contributed by atoms with E-state index in [9.17, 15) is 18.8 Å². The molecule has 1 aliphatic heterocycles. The molecule has 45 heavy (non-hydrogen) atoms. The molecule has 238 valence electrons. The van der Waals surface area contributed by atoms with Crippen molar-refractivity contribution in [3.63, 3.8) is 0 Å². The molecule has 1 amide bonds. The zero-order valence-corrected chi connectivity index (χ0v) is 25.7. The van der Waals surface area contributed by atoms with Gasteiger partial charge in [0.25, 0.3) is 5.56 Å². The normalized spacial score (nSPS) is 14.5. The van der Waals surface area contributed by atoms with Crippen LogP contribution in [0.15, 0.2) is 65.6 Å². The number of fused-ring (bicyclic) bond motifs is 1. The predicted octanol–water partition coefficient (Wildman–Crippen LogP) is 2.49. The highest BCUT2D eigenvalue weighted by Gasteiger charge is 2.28. The van der Waals surface area contributed by atoms with E-state index < -0.39 is 17.9 Å². The van der Waals surface area contributed by atoms with Crippen molar-refractivity contribution in [3.8, 4) is 0 Å². The largest absolute Gasteiger partial charge is 0.442 e. The molecular formula is C32H39FN8O4. The number of rotatable bonds is 11.